The normalized spacial score (nSPS) is 21.4. The van der Waals surface area contributed by atoms with Crippen molar-refractivity contribution >= 4 is 5.78 Å². The summed E-state index contributed by atoms with van der Waals surface area (Å²) in [5, 5.41) is 3.38. The number of rotatable bonds is 3. The van der Waals surface area contributed by atoms with Gasteiger partial charge in [-0.15, -0.1) is 0 Å². The molecule has 1 N–H and O–H groups in total. The number of carbonyl (C=O) groups is 1. The minimum Gasteiger partial charge on any atom is -0.317 e. The minimum absolute atomic E-state index is 0.299. The van der Waals surface area contributed by atoms with Gasteiger partial charge >= 0.3 is 0 Å². The van der Waals surface area contributed by atoms with Crippen LogP contribution in [0.1, 0.15) is 36.0 Å². The molecule has 1 aromatic carbocycles. The molecular weight excluding hydrogens is 198 g/mol. The van der Waals surface area contributed by atoms with Gasteiger partial charge in [0.15, 0.2) is 5.78 Å². The van der Waals surface area contributed by atoms with Crippen molar-refractivity contribution in [1.29, 1.82) is 0 Å². The molecule has 1 heterocycles. The van der Waals surface area contributed by atoms with Gasteiger partial charge in [0.2, 0.25) is 0 Å². The molecule has 2 heteroatoms. The molecule has 1 aliphatic rings. The Kier molecular flexibility index (Phi) is 4.11. The fourth-order valence-electron chi connectivity index (χ4n) is 2.30. The van der Waals surface area contributed by atoms with Crippen molar-refractivity contribution in [1.82, 2.24) is 5.32 Å². The predicted molar refractivity (Wildman–Crippen MR) is 65.6 cm³/mol. The maximum atomic E-state index is 12.0. The second-order valence-electron chi connectivity index (χ2n) is 4.54. The molecule has 16 heavy (non-hydrogen) atoms. The van der Waals surface area contributed by atoms with E-state index in [1.165, 1.54) is 12.8 Å². The molecule has 86 valence electrons. The van der Waals surface area contributed by atoms with Gasteiger partial charge in [-0.1, -0.05) is 30.3 Å². The summed E-state index contributed by atoms with van der Waals surface area (Å²) in [6.07, 6.45) is 4.24. The van der Waals surface area contributed by atoms with Crippen LogP contribution in [0.5, 0.6) is 0 Å². The maximum absolute atomic E-state index is 12.0. The summed E-state index contributed by atoms with van der Waals surface area (Å²) in [7, 11) is 0. The van der Waals surface area contributed by atoms with E-state index < -0.39 is 0 Å². The van der Waals surface area contributed by atoms with Gasteiger partial charge in [0.25, 0.3) is 0 Å². The van der Waals surface area contributed by atoms with E-state index in [0.717, 1.165) is 25.1 Å². The monoisotopic (exact) mass is 217 g/mol. The van der Waals surface area contributed by atoms with Crippen molar-refractivity contribution in [2.45, 2.75) is 25.7 Å². The van der Waals surface area contributed by atoms with Crippen LogP contribution in [0.3, 0.4) is 0 Å². The van der Waals surface area contributed by atoms with E-state index in [4.69, 9.17) is 0 Å². The Balaban J connectivity index is 1.91. The van der Waals surface area contributed by atoms with Gasteiger partial charge in [0, 0.05) is 12.0 Å². The Labute approximate surface area is 97.1 Å². The smallest absolute Gasteiger partial charge is 0.163 e. The molecule has 0 aliphatic carbocycles. The van der Waals surface area contributed by atoms with E-state index in [9.17, 15) is 4.79 Å². The van der Waals surface area contributed by atoms with Gasteiger partial charge in [-0.2, -0.15) is 0 Å². The molecule has 1 saturated heterocycles. The SMILES string of the molecule is O=C(CC1CCCNCC1)c1ccccc1. The van der Waals surface area contributed by atoms with Crippen molar-refractivity contribution < 1.29 is 4.79 Å². The van der Waals surface area contributed by atoms with Gasteiger partial charge in [0.05, 0.1) is 0 Å². The Morgan fingerprint density at radius 1 is 1.19 bits per heavy atom. The predicted octanol–water partition coefficient (Wildman–Crippen LogP) is 2.65. The second kappa shape index (κ2) is 5.80. The maximum Gasteiger partial charge on any atom is 0.163 e. The summed E-state index contributed by atoms with van der Waals surface area (Å²) < 4.78 is 0. The van der Waals surface area contributed by atoms with Crippen molar-refractivity contribution in [2.24, 2.45) is 5.92 Å². The van der Waals surface area contributed by atoms with Crippen LogP contribution in [0.15, 0.2) is 30.3 Å². The fraction of sp³-hybridized carbons (Fsp3) is 0.500. The molecular formula is C14H19NO. The van der Waals surface area contributed by atoms with Crippen molar-refractivity contribution in [3.63, 3.8) is 0 Å². The summed E-state index contributed by atoms with van der Waals surface area (Å²) in [5.74, 6) is 0.871. The number of hydrogen-bond acceptors (Lipinski definition) is 2. The number of nitrogens with one attached hydrogen (secondary N) is 1. The highest BCUT2D eigenvalue weighted by Crippen LogP contribution is 2.19. The summed E-state index contributed by atoms with van der Waals surface area (Å²) in [6.45, 7) is 2.17. The van der Waals surface area contributed by atoms with E-state index in [1.807, 2.05) is 30.3 Å². The molecule has 1 unspecified atom stereocenters. The number of carbonyl (C=O) groups excluding carboxylic acids is 1. The van der Waals surface area contributed by atoms with E-state index in [2.05, 4.69) is 5.32 Å². The lowest BCUT2D eigenvalue weighted by Crippen LogP contribution is -2.15. The van der Waals surface area contributed by atoms with Crippen LogP contribution in [0.25, 0.3) is 0 Å². The van der Waals surface area contributed by atoms with E-state index in [0.29, 0.717) is 18.1 Å². The van der Waals surface area contributed by atoms with Crippen LogP contribution in [-0.4, -0.2) is 18.9 Å². The van der Waals surface area contributed by atoms with Crippen LogP contribution in [0.2, 0.25) is 0 Å². The van der Waals surface area contributed by atoms with Crippen LogP contribution in [0, 0.1) is 5.92 Å². The quantitative estimate of drug-likeness (QED) is 0.789. The average molecular weight is 217 g/mol. The number of hydrogen-bond donors (Lipinski definition) is 1. The summed E-state index contributed by atoms with van der Waals surface area (Å²) in [4.78, 5) is 12.0. The van der Waals surface area contributed by atoms with Crippen LogP contribution in [-0.2, 0) is 0 Å². The van der Waals surface area contributed by atoms with Gasteiger partial charge in [0.1, 0.15) is 0 Å². The first kappa shape index (κ1) is 11.3. The molecule has 1 aliphatic heterocycles. The largest absolute Gasteiger partial charge is 0.317 e. The molecule has 1 fully saturated rings. The molecule has 2 nitrogen and oxygen atoms in total. The average Bonchev–Trinajstić information content (AvgIpc) is 2.59. The molecule has 0 amide bonds. The molecule has 0 aromatic heterocycles. The van der Waals surface area contributed by atoms with Gasteiger partial charge in [-0.05, 0) is 38.3 Å². The zero-order chi connectivity index (χ0) is 11.2. The third-order valence-corrected chi connectivity index (χ3v) is 3.27. The molecule has 0 spiro atoms. The summed E-state index contributed by atoms with van der Waals surface area (Å²) >= 11 is 0. The zero-order valence-corrected chi connectivity index (χ0v) is 9.61. The van der Waals surface area contributed by atoms with Crippen LogP contribution in [0.4, 0.5) is 0 Å². The van der Waals surface area contributed by atoms with E-state index in [1.54, 1.807) is 0 Å². The standard InChI is InChI=1S/C14H19NO/c16-14(13-6-2-1-3-7-13)11-12-5-4-9-15-10-8-12/h1-3,6-7,12,15H,4-5,8-11H2. The topological polar surface area (TPSA) is 29.1 Å². The van der Waals surface area contributed by atoms with Gasteiger partial charge < -0.3 is 5.32 Å². The number of ketones is 1. The van der Waals surface area contributed by atoms with Crippen molar-refractivity contribution in [3.8, 4) is 0 Å². The Hall–Kier alpha value is -1.15. The summed E-state index contributed by atoms with van der Waals surface area (Å²) in [6, 6.07) is 9.64. The number of Topliss-reactive ketones (excluding diaryl/α,β-unsaturated/α-hetero) is 1. The Morgan fingerprint density at radius 3 is 2.81 bits per heavy atom. The molecule has 0 radical (unpaired) electrons. The third kappa shape index (κ3) is 3.17. The third-order valence-electron chi connectivity index (χ3n) is 3.27. The highest BCUT2D eigenvalue weighted by atomic mass is 16.1. The van der Waals surface area contributed by atoms with E-state index >= 15 is 0 Å². The van der Waals surface area contributed by atoms with E-state index in [-0.39, 0.29) is 0 Å². The zero-order valence-electron chi connectivity index (χ0n) is 9.61. The summed E-state index contributed by atoms with van der Waals surface area (Å²) in [5.41, 5.74) is 0.861. The lowest BCUT2D eigenvalue weighted by atomic mass is 9.92. The molecule has 0 saturated carbocycles. The van der Waals surface area contributed by atoms with Crippen molar-refractivity contribution in [3.05, 3.63) is 35.9 Å². The second-order valence-corrected chi connectivity index (χ2v) is 4.54. The Morgan fingerprint density at radius 2 is 2.00 bits per heavy atom. The van der Waals surface area contributed by atoms with Gasteiger partial charge in [-0.25, -0.2) is 0 Å². The molecule has 0 bridgehead atoms. The first-order valence-electron chi connectivity index (χ1n) is 6.15. The van der Waals surface area contributed by atoms with Crippen LogP contribution < -0.4 is 5.32 Å². The molecule has 1 atom stereocenters. The first-order valence-corrected chi connectivity index (χ1v) is 6.15. The van der Waals surface area contributed by atoms with Crippen LogP contribution >= 0.6 is 0 Å². The lowest BCUT2D eigenvalue weighted by Gasteiger charge is -2.12. The highest BCUT2D eigenvalue weighted by Gasteiger charge is 2.16. The highest BCUT2D eigenvalue weighted by molar-refractivity contribution is 5.96. The minimum atomic E-state index is 0.299. The lowest BCUT2D eigenvalue weighted by molar-refractivity contribution is 0.0958. The van der Waals surface area contributed by atoms with Crippen molar-refractivity contribution in [2.75, 3.05) is 13.1 Å². The molecule has 1 aromatic rings. The molecule has 2 rings (SSSR count). The number of benzene rings is 1. The first-order chi connectivity index (χ1) is 7.86. The Bertz CT molecular complexity index is 326. The van der Waals surface area contributed by atoms with Gasteiger partial charge in [-0.3, -0.25) is 4.79 Å². The fourth-order valence-corrected chi connectivity index (χ4v) is 2.30.